The molecule has 0 amide bonds. The van der Waals surface area contributed by atoms with Crippen molar-refractivity contribution in [3.63, 3.8) is 0 Å². The Balaban J connectivity index is 1.61. The van der Waals surface area contributed by atoms with Crippen LogP contribution in [0.2, 0.25) is 0 Å². The summed E-state index contributed by atoms with van der Waals surface area (Å²) >= 11 is 0. The fraction of sp³-hybridized carbons (Fsp3) is 0.524. The van der Waals surface area contributed by atoms with Crippen molar-refractivity contribution in [3.8, 4) is 11.4 Å². The molecule has 1 aliphatic heterocycles. The first kappa shape index (κ1) is 17.3. The molecule has 26 heavy (non-hydrogen) atoms. The van der Waals surface area contributed by atoms with Gasteiger partial charge in [-0.2, -0.15) is 0 Å². The normalized spacial score (nSPS) is 19.0. The molecule has 1 aromatic heterocycles. The molecule has 2 aromatic rings. The number of benzene rings is 1. The molecule has 2 heterocycles. The van der Waals surface area contributed by atoms with Crippen molar-refractivity contribution in [2.45, 2.75) is 38.6 Å². The Bertz CT molecular complexity index is 704. The molecule has 0 atom stereocenters. The van der Waals surface area contributed by atoms with Crippen LogP contribution in [-0.4, -0.2) is 53.6 Å². The molecule has 138 valence electrons. The van der Waals surface area contributed by atoms with Crippen molar-refractivity contribution in [1.82, 2.24) is 14.9 Å². The molecular weight excluding hydrogens is 322 g/mol. The predicted octanol–water partition coefficient (Wildman–Crippen LogP) is 3.64. The van der Waals surface area contributed by atoms with Crippen LogP contribution in [0.3, 0.4) is 0 Å². The Morgan fingerprint density at radius 3 is 2.42 bits per heavy atom. The summed E-state index contributed by atoms with van der Waals surface area (Å²) in [5, 5.41) is 3.66. The van der Waals surface area contributed by atoms with E-state index in [2.05, 4.69) is 52.4 Å². The number of anilines is 2. The van der Waals surface area contributed by atoms with Gasteiger partial charge in [0, 0.05) is 43.9 Å². The van der Waals surface area contributed by atoms with Crippen LogP contribution >= 0.6 is 0 Å². The molecule has 1 aromatic carbocycles. The van der Waals surface area contributed by atoms with Crippen LogP contribution in [0.25, 0.3) is 11.4 Å². The van der Waals surface area contributed by atoms with E-state index in [0.717, 1.165) is 55.7 Å². The minimum atomic E-state index is 0.554. The number of hydrogen-bond donors (Lipinski definition) is 1. The number of piperazine rings is 1. The average Bonchev–Trinajstić information content (AvgIpc) is 3.21. The summed E-state index contributed by atoms with van der Waals surface area (Å²) in [6.45, 7) is 7.63. The van der Waals surface area contributed by atoms with Crippen molar-refractivity contribution in [1.29, 1.82) is 0 Å². The highest BCUT2D eigenvalue weighted by atomic mass is 15.3. The van der Waals surface area contributed by atoms with Gasteiger partial charge in [0.05, 0.1) is 0 Å². The number of likely N-dealkylation sites (N-methyl/N-ethyl adjacent to an activating group) is 1. The van der Waals surface area contributed by atoms with Crippen LogP contribution in [-0.2, 0) is 0 Å². The first-order chi connectivity index (χ1) is 12.8. The van der Waals surface area contributed by atoms with Gasteiger partial charge in [-0.3, -0.25) is 0 Å². The Morgan fingerprint density at radius 1 is 1.00 bits per heavy atom. The highest BCUT2D eigenvalue weighted by molar-refractivity contribution is 5.62. The maximum atomic E-state index is 4.91. The van der Waals surface area contributed by atoms with Gasteiger partial charge in [0.1, 0.15) is 11.6 Å². The second kappa shape index (κ2) is 8.04. The van der Waals surface area contributed by atoms with Crippen molar-refractivity contribution in [3.05, 3.63) is 36.4 Å². The lowest BCUT2D eigenvalue weighted by Crippen LogP contribution is -2.46. The number of nitrogens with zero attached hydrogens (tertiary/aromatic N) is 4. The second-order valence-corrected chi connectivity index (χ2v) is 7.35. The minimum Gasteiger partial charge on any atom is -0.367 e. The molecule has 1 saturated heterocycles. The molecule has 5 heteroatoms. The Labute approximate surface area is 156 Å². The van der Waals surface area contributed by atoms with E-state index >= 15 is 0 Å². The molecule has 5 nitrogen and oxygen atoms in total. The zero-order valence-electron chi connectivity index (χ0n) is 15.7. The molecular formula is C21H29N5. The molecule has 0 bridgehead atoms. The van der Waals surface area contributed by atoms with Gasteiger partial charge in [-0.25, -0.2) is 9.97 Å². The van der Waals surface area contributed by atoms with Gasteiger partial charge < -0.3 is 15.1 Å². The molecule has 0 spiro atoms. The molecule has 1 N–H and O–H groups in total. The lowest BCUT2D eigenvalue weighted by molar-refractivity contribution is 0.270. The standard InChI is InChI=1S/C21H29N5/c1-2-25-12-14-26(15-13-25)20-16-19(22-18-10-6-7-11-18)23-21(24-20)17-8-4-3-5-9-17/h3-5,8-9,16,18H,2,6-7,10-15H2,1H3,(H,22,23,24). The first-order valence-electron chi connectivity index (χ1n) is 10.00. The monoisotopic (exact) mass is 351 g/mol. The maximum absolute atomic E-state index is 4.91. The number of rotatable bonds is 5. The van der Waals surface area contributed by atoms with Gasteiger partial charge in [-0.15, -0.1) is 0 Å². The zero-order valence-corrected chi connectivity index (χ0v) is 15.7. The number of hydrogen-bond acceptors (Lipinski definition) is 5. The molecule has 1 aliphatic carbocycles. The SMILES string of the molecule is CCN1CCN(c2cc(NC3CCCC3)nc(-c3ccccc3)n2)CC1. The Kier molecular flexibility index (Phi) is 5.34. The average molecular weight is 351 g/mol. The second-order valence-electron chi connectivity index (χ2n) is 7.35. The van der Waals surface area contributed by atoms with Crippen molar-refractivity contribution >= 4 is 11.6 Å². The zero-order chi connectivity index (χ0) is 17.8. The molecule has 1 saturated carbocycles. The third-order valence-corrected chi connectivity index (χ3v) is 5.60. The van der Waals surface area contributed by atoms with Gasteiger partial charge in [0.15, 0.2) is 5.82 Å². The van der Waals surface area contributed by atoms with Crippen LogP contribution < -0.4 is 10.2 Å². The topological polar surface area (TPSA) is 44.3 Å². The molecule has 2 fully saturated rings. The fourth-order valence-corrected chi connectivity index (χ4v) is 3.96. The molecule has 2 aliphatic rings. The van der Waals surface area contributed by atoms with E-state index in [4.69, 9.17) is 9.97 Å². The molecule has 0 radical (unpaired) electrons. The smallest absolute Gasteiger partial charge is 0.163 e. The van der Waals surface area contributed by atoms with Crippen LogP contribution in [0.1, 0.15) is 32.6 Å². The Hall–Kier alpha value is -2.14. The quantitative estimate of drug-likeness (QED) is 0.891. The summed E-state index contributed by atoms with van der Waals surface area (Å²) in [6.07, 6.45) is 5.13. The van der Waals surface area contributed by atoms with Gasteiger partial charge in [-0.1, -0.05) is 50.1 Å². The predicted molar refractivity (Wildman–Crippen MR) is 108 cm³/mol. The van der Waals surface area contributed by atoms with Crippen LogP contribution in [0.5, 0.6) is 0 Å². The summed E-state index contributed by atoms with van der Waals surface area (Å²) < 4.78 is 0. The van der Waals surface area contributed by atoms with Crippen LogP contribution in [0.15, 0.2) is 36.4 Å². The minimum absolute atomic E-state index is 0.554. The highest BCUT2D eigenvalue weighted by Crippen LogP contribution is 2.26. The first-order valence-corrected chi connectivity index (χ1v) is 10.00. The summed E-state index contributed by atoms with van der Waals surface area (Å²) in [4.78, 5) is 14.6. The lowest BCUT2D eigenvalue weighted by atomic mass is 10.2. The van der Waals surface area contributed by atoms with Gasteiger partial charge in [-0.05, 0) is 19.4 Å². The van der Waals surface area contributed by atoms with Crippen molar-refractivity contribution in [2.24, 2.45) is 0 Å². The van der Waals surface area contributed by atoms with Gasteiger partial charge >= 0.3 is 0 Å². The lowest BCUT2D eigenvalue weighted by Gasteiger charge is -2.35. The molecule has 4 rings (SSSR count). The summed E-state index contributed by atoms with van der Waals surface area (Å²) in [6, 6.07) is 13.0. The van der Waals surface area contributed by atoms with E-state index in [9.17, 15) is 0 Å². The van der Waals surface area contributed by atoms with E-state index < -0.39 is 0 Å². The number of aromatic nitrogens is 2. The number of nitrogens with one attached hydrogen (secondary N) is 1. The summed E-state index contributed by atoms with van der Waals surface area (Å²) in [5.41, 5.74) is 1.08. The maximum Gasteiger partial charge on any atom is 0.163 e. The third kappa shape index (κ3) is 3.98. The van der Waals surface area contributed by atoms with E-state index in [1.54, 1.807) is 0 Å². The Morgan fingerprint density at radius 2 is 1.73 bits per heavy atom. The van der Waals surface area contributed by atoms with E-state index in [1.807, 2.05) is 6.07 Å². The molecule has 0 unspecified atom stereocenters. The van der Waals surface area contributed by atoms with E-state index in [1.165, 1.54) is 25.7 Å². The largest absolute Gasteiger partial charge is 0.367 e. The third-order valence-electron chi connectivity index (χ3n) is 5.60. The summed E-state index contributed by atoms with van der Waals surface area (Å²) in [5.74, 6) is 2.84. The fourth-order valence-electron chi connectivity index (χ4n) is 3.96. The summed E-state index contributed by atoms with van der Waals surface area (Å²) in [7, 11) is 0. The van der Waals surface area contributed by atoms with Crippen LogP contribution in [0, 0.1) is 0 Å². The van der Waals surface area contributed by atoms with E-state index in [-0.39, 0.29) is 0 Å². The van der Waals surface area contributed by atoms with Crippen LogP contribution in [0.4, 0.5) is 11.6 Å². The van der Waals surface area contributed by atoms with Crippen molar-refractivity contribution < 1.29 is 0 Å². The van der Waals surface area contributed by atoms with Crippen molar-refractivity contribution in [2.75, 3.05) is 42.9 Å². The van der Waals surface area contributed by atoms with Gasteiger partial charge in [0.25, 0.3) is 0 Å². The van der Waals surface area contributed by atoms with E-state index in [0.29, 0.717) is 6.04 Å². The van der Waals surface area contributed by atoms with Gasteiger partial charge in [0.2, 0.25) is 0 Å². The highest BCUT2D eigenvalue weighted by Gasteiger charge is 2.20.